The number of pyridine rings is 1. The minimum Gasteiger partial charge on any atom is -0.491 e. The second-order valence-corrected chi connectivity index (χ2v) is 3.76. The second kappa shape index (κ2) is 4.29. The third-order valence-electron chi connectivity index (χ3n) is 2.50. The van der Waals surface area contributed by atoms with Crippen LogP contribution in [-0.2, 0) is 0 Å². The molecule has 1 aliphatic rings. The molecule has 0 radical (unpaired) electrons. The monoisotopic (exact) mass is 207 g/mol. The summed E-state index contributed by atoms with van der Waals surface area (Å²) < 4.78 is 5.41. The minimum atomic E-state index is -0.973. The Balaban J connectivity index is 1.95. The number of aromatic nitrogens is 1. The van der Waals surface area contributed by atoms with Gasteiger partial charge in [-0.3, -0.25) is 4.98 Å². The number of hydrogen-bond donors (Lipinski definition) is 1. The summed E-state index contributed by atoms with van der Waals surface area (Å²) in [4.78, 5) is 14.7. The Hall–Kier alpha value is -1.58. The maximum atomic E-state index is 10.8. The van der Waals surface area contributed by atoms with Crippen LogP contribution >= 0.6 is 0 Å². The van der Waals surface area contributed by atoms with Crippen molar-refractivity contribution < 1.29 is 14.6 Å². The zero-order valence-corrected chi connectivity index (χ0v) is 8.35. The third-order valence-corrected chi connectivity index (χ3v) is 2.50. The van der Waals surface area contributed by atoms with E-state index in [1.54, 1.807) is 0 Å². The van der Waals surface area contributed by atoms with E-state index in [-0.39, 0.29) is 5.56 Å². The Morgan fingerprint density at radius 1 is 1.60 bits per heavy atom. The van der Waals surface area contributed by atoms with Crippen LogP contribution in [0, 0.1) is 5.92 Å². The Labute approximate surface area is 87.9 Å². The van der Waals surface area contributed by atoms with Gasteiger partial charge in [0.15, 0.2) is 5.75 Å². The van der Waals surface area contributed by atoms with E-state index in [4.69, 9.17) is 9.84 Å². The first kappa shape index (κ1) is 9.96. The van der Waals surface area contributed by atoms with E-state index in [1.807, 2.05) is 0 Å². The second-order valence-electron chi connectivity index (χ2n) is 3.76. The summed E-state index contributed by atoms with van der Waals surface area (Å²) in [5.74, 6) is 0.180. The molecule has 1 aliphatic carbocycles. The first-order chi connectivity index (χ1) is 7.27. The van der Waals surface area contributed by atoms with Crippen molar-refractivity contribution >= 4 is 5.97 Å². The summed E-state index contributed by atoms with van der Waals surface area (Å²) in [5.41, 5.74) is 0.181. The molecule has 2 rings (SSSR count). The lowest BCUT2D eigenvalue weighted by Crippen LogP contribution is -2.05. The van der Waals surface area contributed by atoms with E-state index in [1.165, 1.54) is 31.3 Å². The highest BCUT2D eigenvalue weighted by atomic mass is 16.5. The Morgan fingerprint density at radius 3 is 3.07 bits per heavy atom. The van der Waals surface area contributed by atoms with Crippen LogP contribution in [0.4, 0.5) is 0 Å². The molecule has 0 saturated heterocycles. The number of nitrogens with zero attached hydrogens (tertiary/aromatic N) is 1. The van der Waals surface area contributed by atoms with Gasteiger partial charge in [-0.15, -0.1) is 0 Å². The highest BCUT2D eigenvalue weighted by molar-refractivity contribution is 5.90. The van der Waals surface area contributed by atoms with Crippen molar-refractivity contribution in [1.29, 1.82) is 0 Å². The van der Waals surface area contributed by atoms with Gasteiger partial charge in [0.2, 0.25) is 0 Å². The molecule has 0 atom stereocenters. The van der Waals surface area contributed by atoms with Gasteiger partial charge in [-0.2, -0.15) is 0 Å². The Bertz CT molecular complexity index is 361. The molecule has 1 fully saturated rings. The first-order valence-electron chi connectivity index (χ1n) is 5.07. The van der Waals surface area contributed by atoms with Crippen LogP contribution in [-0.4, -0.2) is 22.7 Å². The molecule has 4 nitrogen and oxygen atoms in total. The van der Waals surface area contributed by atoms with Gasteiger partial charge in [-0.05, 0) is 18.4 Å². The van der Waals surface area contributed by atoms with Gasteiger partial charge in [-0.1, -0.05) is 12.8 Å². The third kappa shape index (κ3) is 2.68. The Kier molecular flexibility index (Phi) is 2.85. The summed E-state index contributed by atoms with van der Waals surface area (Å²) >= 11 is 0. The van der Waals surface area contributed by atoms with Crippen molar-refractivity contribution in [3.05, 3.63) is 24.0 Å². The van der Waals surface area contributed by atoms with Crippen molar-refractivity contribution in [2.45, 2.75) is 19.3 Å². The molecule has 4 heteroatoms. The number of aromatic carboxylic acids is 1. The number of carboxylic acids is 1. The number of carbonyl (C=O) groups is 1. The fraction of sp³-hybridized carbons (Fsp3) is 0.455. The molecule has 0 bridgehead atoms. The maximum Gasteiger partial charge on any atom is 0.339 e. The molecule has 1 aromatic heterocycles. The number of rotatable bonds is 5. The molecule has 1 saturated carbocycles. The summed E-state index contributed by atoms with van der Waals surface area (Å²) in [6, 6.07) is 1.45. The molecule has 0 unspecified atom stereocenters. The molecular formula is C11H13NO3. The van der Waals surface area contributed by atoms with Crippen molar-refractivity contribution in [2.24, 2.45) is 5.92 Å². The van der Waals surface area contributed by atoms with Crippen LogP contribution in [0.15, 0.2) is 18.5 Å². The van der Waals surface area contributed by atoms with Crippen LogP contribution in [0.2, 0.25) is 0 Å². The van der Waals surface area contributed by atoms with Crippen LogP contribution in [0.5, 0.6) is 5.75 Å². The lowest BCUT2D eigenvalue weighted by molar-refractivity contribution is 0.0692. The fourth-order valence-corrected chi connectivity index (χ4v) is 1.41. The van der Waals surface area contributed by atoms with Gasteiger partial charge in [0.05, 0.1) is 12.8 Å². The topological polar surface area (TPSA) is 59.4 Å². The quantitative estimate of drug-likeness (QED) is 0.801. The fourth-order valence-electron chi connectivity index (χ4n) is 1.41. The van der Waals surface area contributed by atoms with Gasteiger partial charge in [0.25, 0.3) is 0 Å². The van der Waals surface area contributed by atoms with Gasteiger partial charge < -0.3 is 9.84 Å². The van der Waals surface area contributed by atoms with E-state index in [0.29, 0.717) is 12.4 Å². The summed E-state index contributed by atoms with van der Waals surface area (Å²) in [6.07, 6.45) is 6.48. The molecule has 0 spiro atoms. The largest absolute Gasteiger partial charge is 0.491 e. The predicted molar refractivity (Wildman–Crippen MR) is 54.0 cm³/mol. The van der Waals surface area contributed by atoms with Gasteiger partial charge >= 0.3 is 5.97 Å². The molecule has 0 amide bonds. The zero-order valence-electron chi connectivity index (χ0n) is 8.35. The minimum absolute atomic E-state index is 0.181. The number of hydrogen-bond acceptors (Lipinski definition) is 3. The number of ether oxygens (including phenoxy) is 1. The molecule has 80 valence electrons. The molecule has 1 N–H and O–H groups in total. The molecule has 1 aromatic rings. The summed E-state index contributed by atoms with van der Waals surface area (Å²) in [5, 5.41) is 8.88. The average molecular weight is 207 g/mol. The smallest absolute Gasteiger partial charge is 0.339 e. The van der Waals surface area contributed by atoms with E-state index in [2.05, 4.69) is 4.98 Å². The van der Waals surface area contributed by atoms with E-state index in [9.17, 15) is 4.79 Å². The molecule has 15 heavy (non-hydrogen) atoms. The zero-order chi connectivity index (χ0) is 10.7. The van der Waals surface area contributed by atoms with Crippen molar-refractivity contribution in [3.8, 4) is 5.75 Å². The Morgan fingerprint density at radius 2 is 2.40 bits per heavy atom. The van der Waals surface area contributed by atoms with E-state index in [0.717, 1.165) is 12.3 Å². The van der Waals surface area contributed by atoms with Crippen LogP contribution in [0.1, 0.15) is 29.6 Å². The van der Waals surface area contributed by atoms with Crippen LogP contribution < -0.4 is 4.74 Å². The molecule has 0 aromatic carbocycles. The lowest BCUT2D eigenvalue weighted by atomic mass is 10.2. The van der Waals surface area contributed by atoms with E-state index >= 15 is 0 Å². The van der Waals surface area contributed by atoms with Gasteiger partial charge in [0.1, 0.15) is 5.56 Å². The molecular weight excluding hydrogens is 194 g/mol. The molecule has 1 heterocycles. The maximum absolute atomic E-state index is 10.8. The van der Waals surface area contributed by atoms with Crippen molar-refractivity contribution in [1.82, 2.24) is 4.98 Å². The average Bonchev–Trinajstić information content (AvgIpc) is 3.02. The predicted octanol–water partition coefficient (Wildman–Crippen LogP) is 1.96. The first-order valence-corrected chi connectivity index (χ1v) is 5.07. The van der Waals surface area contributed by atoms with Crippen molar-refractivity contribution in [2.75, 3.05) is 6.61 Å². The summed E-state index contributed by atoms with van der Waals surface area (Å²) in [7, 11) is 0. The van der Waals surface area contributed by atoms with Gasteiger partial charge in [-0.25, -0.2) is 4.79 Å². The highest BCUT2D eigenvalue weighted by Gasteiger charge is 2.21. The number of carboxylic acid groups (broad SMARTS) is 1. The molecule has 0 aliphatic heterocycles. The van der Waals surface area contributed by atoms with Crippen LogP contribution in [0.25, 0.3) is 0 Å². The summed E-state index contributed by atoms with van der Waals surface area (Å²) in [6.45, 7) is 0.580. The SMILES string of the molecule is O=C(O)c1ccncc1OCCC1CC1. The van der Waals surface area contributed by atoms with Gasteiger partial charge in [0, 0.05) is 6.20 Å². The normalized spacial score (nSPS) is 14.9. The highest BCUT2D eigenvalue weighted by Crippen LogP contribution is 2.32. The van der Waals surface area contributed by atoms with Crippen molar-refractivity contribution in [3.63, 3.8) is 0 Å². The van der Waals surface area contributed by atoms with Crippen LogP contribution in [0.3, 0.4) is 0 Å². The standard InChI is InChI=1S/C11H13NO3/c13-11(14)9-3-5-12-7-10(9)15-6-4-8-1-2-8/h3,5,7-8H,1-2,4,6H2,(H,13,14). The lowest BCUT2D eigenvalue weighted by Gasteiger charge is -2.07. The van der Waals surface area contributed by atoms with E-state index < -0.39 is 5.97 Å².